The van der Waals surface area contributed by atoms with Crippen molar-refractivity contribution >= 4 is 11.7 Å². The van der Waals surface area contributed by atoms with Crippen molar-refractivity contribution in [1.82, 2.24) is 4.73 Å². The van der Waals surface area contributed by atoms with Crippen molar-refractivity contribution in [1.29, 1.82) is 5.41 Å². The van der Waals surface area contributed by atoms with Crippen molar-refractivity contribution in [3.8, 4) is 0 Å². The Morgan fingerprint density at radius 1 is 1.73 bits per heavy atom. The topological polar surface area (TPSA) is 87.3 Å². The van der Waals surface area contributed by atoms with Crippen LogP contribution in [0.3, 0.4) is 0 Å². The molecule has 0 aliphatic heterocycles. The Hall–Kier alpha value is -1.98. The highest BCUT2D eigenvalue weighted by atomic mass is 16.5. The van der Waals surface area contributed by atoms with Crippen LogP contribution in [0.25, 0.3) is 0 Å². The lowest BCUT2D eigenvalue weighted by Crippen LogP contribution is -2.16. The van der Waals surface area contributed by atoms with E-state index in [-0.39, 0.29) is 17.7 Å². The number of carbonyl (C=O) groups excluding carboxylic acids is 1. The van der Waals surface area contributed by atoms with Gasteiger partial charge in [0.1, 0.15) is 0 Å². The van der Waals surface area contributed by atoms with Gasteiger partial charge < -0.3 is 15.3 Å². The van der Waals surface area contributed by atoms with Gasteiger partial charge in [-0.15, -0.1) is 0 Å². The van der Waals surface area contributed by atoms with Crippen LogP contribution in [-0.4, -0.2) is 29.6 Å². The van der Waals surface area contributed by atoms with Crippen molar-refractivity contribution in [2.24, 2.45) is 0 Å². The second-order valence-corrected chi connectivity index (χ2v) is 2.91. The Morgan fingerprint density at radius 3 is 3.13 bits per heavy atom. The van der Waals surface area contributed by atoms with Crippen molar-refractivity contribution in [3.05, 3.63) is 23.8 Å². The molecule has 0 bridgehead atoms. The second-order valence-electron chi connectivity index (χ2n) is 2.91. The van der Waals surface area contributed by atoms with E-state index in [0.717, 1.165) is 4.73 Å². The maximum atomic E-state index is 10.8. The van der Waals surface area contributed by atoms with Gasteiger partial charge >= 0.3 is 5.97 Å². The van der Waals surface area contributed by atoms with Gasteiger partial charge in [-0.25, -0.2) is 0 Å². The highest BCUT2D eigenvalue weighted by Gasteiger charge is 2.00. The zero-order valence-electron chi connectivity index (χ0n) is 8.36. The third-order valence-electron chi connectivity index (χ3n) is 1.82. The monoisotopic (exact) mass is 211 g/mol. The molecule has 0 aliphatic rings. The molecule has 0 saturated heterocycles. The van der Waals surface area contributed by atoms with E-state index in [2.05, 4.69) is 10.1 Å². The summed E-state index contributed by atoms with van der Waals surface area (Å²) >= 11 is 0. The van der Waals surface area contributed by atoms with Gasteiger partial charge in [-0.2, -0.15) is 4.73 Å². The molecule has 1 heterocycles. The molecule has 1 rings (SSSR count). The molecular weight excluding hydrogens is 198 g/mol. The number of nitrogens with zero attached hydrogens (tertiary/aromatic N) is 1. The van der Waals surface area contributed by atoms with Gasteiger partial charge in [0.2, 0.25) is 0 Å². The van der Waals surface area contributed by atoms with Crippen LogP contribution in [0, 0.1) is 5.41 Å². The molecule has 0 unspecified atom stereocenters. The Bertz CT molecular complexity index is 400. The number of hydrogen-bond acceptors (Lipinski definition) is 5. The minimum absolute atomic E-state index is 0.219. The molecular formula is C9H13N3O3. The van der Waals surface area contributed by atoms with Crippen molar-refractivity contribution in [2.45, 2.75) is 6.42 Å². The summed E-state index contributed by atoms with van der Waals surface area (Å²) in [5, 5.41) is 19.7. The third kappa shape index (κ3) is 3.34. The molecule has 1 aromatic heterocycles. The third-order valence-corrected chi connectivity index (χ3v) is 1.82. The summed E-state index contributed by atoms with van der Waals surface area (Å²) in [5.74, 6) is -0.318. The fourth-order valence-corrected chi connectivity index (χ4v) is 1.03. The van der Waals surface area contributed by atoms with Gasteiger partial charge in [-0.3, -0.25) is 10.2 Å². The van der Waals surface area contributed by atoms with E-state index in [9.17, 15) is 4.79 Å². The number of rotatable bonds is 4. The first-order valence-electron chi connectivity index (χ1n) is 4.40. The minimum Gasteiger partial charge on any atom is -0.469 e. The molecule has 0 fully saturated rings. The lowest BCUT2D eigenvalue weighted by atomic mass is 10.3. The van der Waals surface area contributed by atoms with E-state index in [4.69, 9.17) is 10.6 Å². The van der Waals surface area contributed by atoms with E-state index in [1.165, 1.54) is 25.6 Å². The maximum Gasteiger partial charge on any atom is 0.307 e. The molecule has 0 spiro atoms. The summed E-state index contributed by atoms with van der Waals surface area (Å²) in [7, 11) is 1.32. The Morgan fingerprint density at radius 2 is 2.47 bits per heavy atom. The Kier molecular flexibility index (Phi) is 3.73. The molecule has 0 amide bonds. The molecule has 1 aromatic rings. The summed E-state index contributed by atoms with van der Waals surface area (Å²) in [5.41, 5.74) is 0.462. The van der Waals surface area contributed by atoms with Crippen LogP contribution in [0.1, 0.15) is 6.42 Å². The van der Waals surface area contributed by atoms with Crippen molar-refractivity contribution in [2.75, 3.05) is 19.0 Å². The fraction of sp³-hybridized carbons (Fsp3) is 0.333. The number of pyridine rings is 1. The Balaban J connectivity index is 2.54. The molecule has 82 valence electrons. The number of methoxy groups -OCH3 is 1. The van der Waals surface area contributed by atoms with Crippen LogP contribution in [0.15, 0.2) is 18.5 Å². The van der Waals surface area contributed by atoms with Gasteiger partial charge in [-0.05, 0) is 6.07 Å². The first kappa shape index (κ1) is 11.1. The average Bonchev–Trinajstić information content (AvgIpc) is 2.23. The van der Waals surface area contributed by atoms with E-state index in [0.29, 0.717) is 12.2 Å². The Labute approximate surface area is 86.6 Å². The van der Waals surface area contributed by atoms with Crippen LogP contribution in [0.4, 0.5) is 5.69 Å². The SMILES string of the molecule is COC(=O)CCNc1cn(O)ccc1=N. The number of ether oxygens (including phenoxy) is 1. The summed E-state index contributed by atoms with van der Waals surface area (Å²) in [6.07, 6.45) is 2.93. The van der Waals surface area contributed by atoms with Gasteiger partial charge in [0.25, 0.3) is 0 Å². The summed E-state index contributed by atoms with van der Waals surface area (Å²) in [4.78, 5) is 10.8. The molecule has 0 aliphatic carbocycles. The van der Waals surface area contributed by atoms with E-state index in [1.54, 1.807) is 0 Å². The number of esters is 1. The van der Waals surface area contributed by atoms with Crippen LogP contribution in [0.2, 0.25) is 0 Å². The quantitative estimate of drug-likeness (QED) is 0.489. The van der Waals surface area contributed by atoms with Crippen LogP contribution in [0.5, 0.6) is 0 Å². The predicted molar refractivity (Wildman–Crippen MR) is 52.6 cm³/mol. The molecule has 0 atom stereocenters. The average molecular weight is 211 g/mol. The highest BCUT2D eigenvalue weighted by molar-refractivity contribution is 5.69. The molecule has 0 radical (unpaired) electrons. The number of nitrogens with one attached hydrogen (secondary N) is 2. The van der Waals surface area contributed by atoms with Crippen molar-refractivity contribution < 1.29 is 14.7 Å². The molecule has 6 nitrogen and oxygen atoms in total. The standard InChI is InChI=1S/C9H13N3O3/c1-15-9(13)2-4-11-8-6-12(14)5-3-7(8)10/h3,5-6,10-11,14H,2,4H2,1H3. The molecule has 15 heavy (non-hydrogen) atoms. The van der Waals surface area contributed by atoms with E-state index >= 15 is 0 Å². The lowest BCUT2D eigenvalue weighted by Gasteiger charge is -2.06. The molecule has 0 saturated carbocycles. The molecule has 6 heteroatoms. The number of carbonyl (C=O) groups is 1. The first-order chi connectivity index (χ1) is 7.13. The van der Waals surface area contributed by atoms with Gasteiger partial charge in [0.05, 0.1) is 30.8 Å². The fourth-order valence-electron chi connectivity index (χ4n) is 1.03. The second kappa shape index (κ2) is 5.04. The van der Waals surface area contributed by atoms with Crippen LogP contribution in [-0.2, 0) is 9.53 Å². The van der Waals surface area contributed by atoms with E-state index in [1.807, 2.05) is 0 Å². The normalized spacial score (nSPS) is 9.67. The van der Waals surface area contributed by atoms with Crippen molar-refractivity contribution in [3.63, 3.8) is 0 Å². The van der Waals surface area contributed by atoms with Gasteiger partial charge in [0, 0.05) is 12.7 Å². The zero-order chi connectivity index (χ0) is 11.3. The number of anilines is 1. The summed E-state index contributed by atoms with van der Waals surface area (Å²) < 4.78 is 5.31. The summed E-state index contributed by atoms with van der Waals surface area (Å²) in [6.45, 7) is 0.364. The smallest absolute Gasteiger partial charge is 0.307 e. The first-order valence-corrected chi connectivity index (χ1v) is 4.40. The van der Waals surface area contributed by atoms with E-state index < -0.39 is 0 Å². The lowest BCUT2D eigenvalue weighted by molar-refractivity contribution is -0.140. The van der Waals surface area contributed by atoms with Gasteiger partial charge in [0.15, 0.2) is 0 Å². The molecule has 0 aromatic carbocycles. The van der Waals surface area contributed by atoms with Crippen LogP contribution >= 0.6 is 0 Å². The summed E-state index contributed by atoms with van der Waals surface area (Å²) in [6, 6.07) is 1.44. The molecule has 3 N–H and O–H groups in total. The van der Waals surface area contributed by atoms with Crippen LogP contribution < -0.4 is 10.7 Å². The minimum atomic E-state index is -0.318. The predicted octanol–water partition coefficient (Wildman–Crippen LogP) is 0.180. The zero-order valence-corrected chi connectivity index (χ0v) is 8.36. The van der Waals surface area contributed by atoms with Gasteiger partial charge in [-0.1, -0.05) is 0 Å². The largest absolute Gasteiger partial charge is 0.469 e. The maximum absolute atomic E-state index is 10.8. The number of hydrogen-bond donors (Lipinski definition) is 3. The number of aromatic nitrogens is 1. The highest BCUT2D eigenvalue weighted by Crippen LogP contribution is 1.97.